The number of carbonyl (C=O) groups excluding carboxylic acids is 1. The number of nitrogens with zero attached hydrogens (tertiary/aromatic N) is 4. The normalized spacial score (nSPS) is 13.8. The summed E-state index contributed by atoms with van der Waals surface area (Å²) in [7, 11) is 0. The molecule has 0 aliphatic heterocycles. The largest absolute Gasteiger partial charge is 0.308 e. The van der Waals surface area contributed by atoms with Gasteiger partial charge in [-0.05, 0) is 31.9 Å². The highest BCUT2D eigenvalue weighted by Gasteiger charge is 2.34. The molecule has 1 saturated carbocycles. The number of hydrogen-bond acceptors (Lipinski definition) is 3. The molecule has 1 aliphatic rings. The first-order valence-electron chi connectivity index (χ1n) is 9.56. The van der Waals surface area contributed by atoms with E-state index in [0.29, 0.717) is 28.1 Å². The van der Waals surface area contributed by atoms with E-state index in [1.165, 1.54) is 4.68 Å². The van der Waals surface area contributed by atoms with Crippen molar-refractivity contribution in [2.24, 2.45) is 0 Å². The predicted molar refractivity (Wildman–Crippen MR) is 115 cm³/mol. The Morgan fingerprint density at radius 1 is 1.19 bits per heavy atom. The fourth-order valence-electron chi connectivity index (χ4n) is 3.36. The van der Waals surface area contributed by atoms with E-state index in [-0.39, 0.29) is 17.5 Å². The molecule has 2 aromatic heterocycles. The number of alkyl halides is 2. The monoisotopic (exact) mass is 487 g/mol. The molecule has 1 aromatic carbocycles. The Bertz CT molecular complexity index is 1120. The number of aryl methyl sites for hydroxylation is 1. The molecule has 0 unspecified atom stereocenters. The van der Waals surface area contributed by atoms with Crippen LogP contribution in [-0.2, 0) is 17.9 Å². The maximum absolute atomic E-state index is 13.2. The minimum Gasteiger partial charge on any atom is -0.308 e. The number of nitrogens with one attached hydrogen (secondary N) is 1. The van der Waals surface area contributed by atoms with Crippen LogP contribution < -0.4 is 5.32 Å². The third kappa shape index (κ3) is 4.71. The van der Waals surface area contributed by atoms with E-state index in [1.54, 1.807) is 28.9 Å². The first kappa shape index (κ1) is 22.0. The van der Waals surface area contributed by atoms with Crippen molar-refractivity contribution in [2.45, 2.75) is 45.2 Å². The summed E-state index contributed by atoms with van der Waals surface area (Å²) in [5.41, 5.74) is 1.50. The Morgan fingerprint density at radius 2 is 1.87 bits per heavy atom. The van der Waals surface area contributed by atoms with Gasteiger partial charge in [0.15, 0.2) is 5.82 Å². The van der Waals surface area contributed by atoms with Crippen molar-refractivity contribution < 1.29 is 13.6 Å². The molecular formula is C20H18Cl3F2N5O. The number of halogens is 5. The number of anilines is 1. The third-order valence-corrected chi connectivity index (χ3v) is 6.13. The van der Waals surface area contributed by atoms with Crippen LogP contribution in [0.4, 0.5) is 14.6 Å². The number of amides is 1. The molecule has 4 rings (SSSR count). The number of rotatable bonds is 7. The molecule has 0 atom stereocenters. The molecule has 2 heterocycles. The highest BCUT2D eigenvalue weighted by molar-refractivity contribution is 6.36. The van der Waals surface area contributed by atoms with Crippen LogP contribution in [0, 0.1) is 6.92 Å². The lowest BCUT2D eigenvalue weighted by Gasteiger charge is -2.09. The van der Waals surface area contributed by atoms with Crippen molar-refractivity contribution in [3.63, 3.8) is 0 Å². The van der Waals surface area contributed by atoms with E-state index in [9.17, 15) is 13.6 Å². The van der Waals surface area contributed by atoms with Crippen molar-refractivity contribution in [1.82, 2.24) is 19.6 Å². The summed E-state index contributed by atoms with van der Waals surface area (Å²) in [5.74, 6) is -0.0598. The van der Waals surface area contributed by atoms with Crippen LogP contribution in [0.1, 0.15) is 47.8 Å². The molecule has 31 heavy (non-hydrogen) atoms. The van der Waals surface area contributed by atoms with E-state index in [1.807, 2.05) is 6.92 Å². The fourth-order valence-corrected chi connectivity index (χ4v) is 4.25. The molecule has 6 nitrogen and oxygen atoms in total. The minimum atomic E-state index is -2.80. The van der Waals surface area contributed by atoms with Gasteiger partial charge in [-0.2, -0.15) is 10.2 Å². The summed E-state index contributed by atoms with van der Waals surface area (Å²) in [6, 6.07) is 6.94. The van der Waals surface area contributed by atoms with Crippen LogP contribution in [0.15, 0.2) is 24.3 Å². The molecule has 3 aromatic rings. The molecule has 11 heteroatoms. The van der Waals surface area contributed by atoms with Crippen LogP contribution in [0.2, 0.25) is 15.1 Å². The second-order valence-electron chi connectivity index (χ2n) is 7.39. The number of benzene rings is 1. The topological polar surface area (TPSA) is 64.7 Å². The summed E-state index contributed by atoms with van der Waals surface area (Å²) in [4.78, 5) is 12.6. The zero-order valence-electron chi connectivity index (χ0n) is 16.4. The summed E-state index contributed by atoms with van der Waals surface area (Å²) in [6.45, 7) is 1.93. The zero-order valence-corrected chi connectivity index (χ0v) is 18.6. The van der Waals surface area contributed by atoms with Crippen molar-refractivity contribution in [2.75, 3.05) is 5.32 Å². The van der Waals surface area contributed by atoms with E-state index >= 15 is 0 Å². The van der Waals surface area contributed by atoms with Gasteiger partial charge in [0.05, 0.1) is 17.3 Å². The Morgan fingerprint density at radius 3 is 2.48 bits per heavy atom. The molecule has 0 radical (unpaired) electrons. The van der Waals surface area contributed by atoms with Gasteiger partial charge >= 0.3 is 0 Å². The summed E-state index contributed by atoms with van der Waals surface area (Å²) in [6.07, 6.45) is -1.13. The lowest BCUT2D eigenvalue weighted by atomic mass is 10.2. The maximum atomic E-state index is 13.2. The van der Waals surface area contributed by atoms with Gasteiger partial charge in [-0.3, -0.25) is 14.2 Å². The molecule has 164 valence electrons. The Kier molecular flexibility index (Phi) is 6.23. The van der Waals surface area contributed by atoms with Gasteiger partial charge in [0.25, 0.3) is 6.43 Å². The van der Waals surface area contributed by atoms with E-state index in [0.717, 1.165) is 24.1 Å². The first-order chi connectivity index (χ1) is 14.7. The Hall–Kier alpha value is -2.16. The van der Waals surface area contributed by atoms with E-state index in [2.05, 4.69) is 15.5 Å². The molecule has 0 spiro atoms. The molecule has 1 fully saturated rings. The predicted octanol–water partition coefficient (Wildman–Crippen LogP) is 5.85. The van der Waals surface area contributed by atoms with E-state index in [4.69, 9.17) is 34.8 Å². The highest BCUT2D eigenvalue weighted by Crippen LogP contribution is 2.45. The van der Waals surface area contributed by atoms with Crippen LogP contribution in [0.25, 0.3) is 0 Å². The number of aromatic nitrogens is 4. The number of hydrogen-bond donors (Lipinski definition) is 1. The van der Waals surface area contributed by atoms with Crippen molar-refractivity contribution in [1.29, 1.82) is 0 Å². The lowest BCUT2D eigenvalue weighted by molar-refractivity contribution is -0.117. The van der Waals surface area contributed by atoms with Gasteiger partial charge in [-0.1, -0.05) is 40.9 Å². The SMILES string of the molecule is Cc1cc(NC(=O)Cn2nc(C(F)F)c(Cl)c2C2CC2)nn1Cc1c(Cl)cccc1Cl. The number of carbonyl (C=O) groups is 1. The van der Waals surface area contributed by atoms with Crippen LogP contribution in [0.3, 0.4) is 0 Å². The average molecular weight is 489 g/mol. The van der Waals surface area contributed by atoms with Crippen molar-refractivity contribution in [3.8, 4) is 0 Å². The van der Waals surface area contributed by atoms with Gasteiger partial charge in [0.2, 0.25) is 5.91 Å². The maximum Gasteiger partial charge on any atom is 0.283 e. The van der Waals surface area contributed by atoms with Crippen molar-refractivity contribution >= 4 is 46.5 Å². The molecule has 1 N–H and O–H groups in total. The zero-order chi connectivity index (χ0) is 22.3. The van der Waals surface area contributed by atoms with Gasteiger partial charge in [-0.25, -0.2) is 8.78 Å². The Labute approximate surface area is 192 Å². The van der Waals surface area contributed by atoms with E-state index < -0.39 is 18.0 Å². The van der Waals surface area contributed by atoms with Gasteiger partial charge in [-0.15, -0.1) is 0 Å². The Balaban J connectivity index is 1.49. The summed E-state index contributed by atoms with van der Waals surface area (Å²) >= 11 is 18.6. The van der Waals surface area contributed by atoms with Crippen LogP contribution in [0.5, 0.6) is 0 Å². The quantitative estimate of drug-likeness (QED) is 0.454. The van der Waals surface area contributed by atoms with Gasteiger partial charge in [0.1, 0.15) is 12.2 Å². The smallest absolute Gasteiger partial charge is 0.283 e. The lowest BCUT2D eigenvalue weighted by Crippen LogP contribution is -2.21. The van der Waals surface area contributed by atoms with Crippen LogP contribution in [-0.4, -0.2) is 25.5 Å². The second-order valence-corrected chi connectivity index (χ2v) is 8.59. The third-order valence-electron chi connectivity index (χ3n) is 5.04. The summed E-state index contributed by atoms with van der Waals surface area (Å²) in [5, 5.41) is 11.9. The minimum absolute atomic E-state index is 0.0537. The van der Waals surface area contributed by atoms with Crippen LogP contribution >= 0.6 is 34.8 Å². The first-order valence-corrected chi connectivity index (χ1v) is 10.7. The van der Waals surface area contributed by atoms with Crippen molar-refractivity contribution in [3.05, 3.63) is 62.0 Å². The van der Waals surface area contributed by atoms with Gasteiger partial charge in [0, 0.05) is 33.3 Å². The molecule has 1 amide bonds. The summed E-state index contributed by atoms with van der Waals surface area (Å²) < 4.78 is 29.3. The highest BCUT2D eigenvalue weighted by atomic mass is 35.5. The average Bonchev–Trinajstić information content (AvgIpc) is 3.39. The molecule has 0 saturated heterocycles. The molecular weight excluding hydrogens is 471 g/mol. The second kappa shape index (κ2) is 8.76. The van der Waals surface area contributed by atoms with Gasteiger partial charge < -0.3 is 5.32 Å². The standard InChI is InChI=1S/C20H18Cl3F2N5O/c1-10-7-15(27-29(10)8-12-13(21)3-2-4-14(12)22)26-16(31)9-30-19(11-5-6-11)17(23)18(28-30)20(24)25/h2-4,7,11,20H,5-6,8-9H2,1H3,(H,26,27,31). The fraction of sp³-hybridized carbons (Fsp3) is 0.350. The molecule has 1 aliphatic carbocycles. The molecule has 0 bridgehead atoms.